The lowest BCUT2D eigenvalue weighted by Gasteiger charge is -2.10. The first-order valence-electron chi connectivity index (χ1n) is 28.6. The van der Waals surface area contributed by atoms with E-state index in [4.69, 9.17) is 18.9 Å². The maximum Gasteiger partial charge on any atom is 0.193 e. The van der Waals surface area contributed by atoms with E-state index >= 15 is 0 Å². The van der Waals surface area contributed by atoms with Crippen molar-refractivity contribution in [3.8, 4) is 68.2 Å². The molecule has 0 N–H and O–H groups in total. The second-order valence-corrected chi connectivity index (χ2v) is 21.1. The van der Waals surface area contributed by atoms with Crippen LogP contribution in [0.1, 0.15) is 85.9 Å². The van der Waals surface area contributed by atoms with Crippen molar-refractivity contribution in [3.63, 3.8) is 0 Å². The molecule has 88 heavy (non-hydrogen) atoms. The van der Waals surface area contributed by atoms with Crippen molar-refractivity contribution in [1.82, 2.24) is 0 Å². The van der Waals surface area contributed by atoms with Gasteiger partial charge < -0.3 is 18.9 Å². The fourth-order valence-corrected chi connectivity index (χ4v) is 10.1. The van der Waals surface area contributed by atoms with Crippen LogP contribution in [0.3, 0.4) is 0 Å². The molecule has 0 unspecified atom stereocenters. The van der Waals surface area contributed by atoms with E-state index in [1.807, 2.05) is 218 Å². The van der Waals surface area contributed by atoms with Gasteiger partial charge in [0.15, 0.2) is 23.1 Å². The summed E-state index contributed by atoms with van der Waals surface area (Å²) in [5.74, 6) is 4.66. The lowest BCUT2D eigenvalue weighted by molar-refractivity contribution is 0.103. The molecule has 31 rings (SSSR count). The van der Waals surface area contributed by atoms with Gasteiger partial charge in [0.2, 0.25) is 0 Å². The molecule has 0 spiro atoms. The zero-order chi connectivity index (χ0) is 59.8. The number of carbonyl (C=O) groups is 4. The molecule has 0 saturated heterocycles. The molecule has 8 heteroatoms. The number of ketones is 4. The molecule has 12 aromatic rings. The Bertz CT molecular complexity index is 3940. The largest absolute Gasteiger partial charge is 0.457 e. The van der Waals surface area contributed by atoms with Crippen molar-refractivity contribution in [2.24, 2.45) is 0 Å². The Labute approximate surface area is 509 Å². The van der Waals surface area contributed by atoms with E-state index in [0.29, 0.717) is 90.5 Å². The molecule has 420 valence electrons. The van der Waals surface area contributed by atoms with Crippen LogP contribution in [0, 0.1) is 0 Å². The molecule has 0 aliphatic carbocycles. The van der Waals surface area contributed by atoms with E-state index in [-0.39, 0.29) is 23.1 Å². The highest BCUT2D eigenvalue weighted by Gasteiger charge is 2.15. The van der Waals surface area contributed by atoms with Gasteiger partial charge in [-0.15, -0.1) is 0 Å². The Hall–Kier alpha value is -12.0. The third-order valence-corrected chi connectivity index (χ3v) is 15.1. The summed E-state index contributed by atoms with van der Waals surface area (Å²) in [6.07, 6.45) is 7.88. The minimum absolute atomic E-state index is 0.0969. The standard InChI is InChI=1S/C80H52O8/c81-77-61-13-5-53(6-14-61)1-2-54-7-15-62(16-8-54)78(82)66-31-47-74(48-32-66)86-70-39-23-58(24-40-70)60-27-43-72(44-28-60)88-76-51-35-68(36-52-76)80(84)64-19-11-56(12-20-64)4-3-55-9-17-63(18-10-55)79(83)67-33-49-75(50-34-67)87-71-41-25-59(26-42-71)57-21-37-69(38-22-57)85-73-45-29-65(77)30-46-73/h1-52H. The molecule has 0 aromatic heterocycles. The van der Waals surface area contributed by atoms with Gasteiger partial charge in [0, 0.05) is 44.5 Å². The van der Waals surface area contributed by atoms with Gasteiger partial charge in [0.25, 0.3) is 0 Å². The van der Waals surface area contributed by atoms with Gasteiger partial charge in [-0.25, -0.2) is 0 Å². The maximum atomic E-state index is 13.5. The normalized spacial score (nSPS) is 12.5. The first kappa shape index (κ1) is 55.2. The van der Waals surface area contributed by atoms with Gasteiger partial charge in [0.05, 0.1) is 0 Å². The van der Waals surface area contributed by atoms with E-state index in [9.17, 15) is 19.2 Å². The molecule has 0 fully saturated rings. The average molecular weight is 1140 g/mol. The van der Waals surface area contributed by atoms with Gasteiger partial charge in [-0.2, -0.15) is 0 Å². The van der Waals surface area contributed by atoms with Gasteiger partial charge in [0.1, 0.15) is 46.0 Å². The molecule has 12 aromatic carbocycles. The monoisotopic (exact) mass is 1140 g/mol. The van der Waals surface area contributed by atoms with Crippen molar-refractivity contribution < 1.29 is 38.1 Å². The average Bonchev–Trinajstić information content (AvgIpc) is 3.58. The van der Waals surface area contributed by atoms with Crippen molar-refractivity contribution in [3.05, 3.63) is 358 Å². The molecule has 0 radical (unpaired) electrons. The molecule has 24 bridgehead atoms. The van der Waals surface area contributed by atoms with Crippen LogP contribution in [0.2, 0.25) is 0 Å². The second kappa shape index (κ2) is 25.1. The van der Waals surface area contributed by atoms with Crippen molar-refractivity contribution in [1.29, 1.82) is 0 Å². The highest BCUT2D eigenvalue weighted by molar-refractivity contribution is 6.11. The van der Waals surface area contributed by atoms with Crippen LogP contribution in [0.25, 0.3) is 46.6 Å². The fourth-order valence-electron chi connectivity index (χ4n) is 10.1. The lowest BCUT2D eigenvalue weighted by atomic mass is 10.0. The van der Waals surface area contributed by atoms with Crippen molar-refractivity contribution in [2.45, 2.75) is 0 Å². The fraction of sp³-hybridized carbons (Fsp3) is 0. The van der Waals surface area contributed by atoms with E-state index < -0.39 is 0 Å². The Kier molecular flexibility index (Phi) is 15.7. The molecular weight excluding hydrogens is 1090 g/mol. The van der Waals surface area contributed by atoms with Crippen LogP contribution in [-0.4, -0.2) is 23.1 Å². The summed E-state index contributed by atoms with van der Waals surface area (Å²) in [7, 11) is 0. The minimum atomic E-state index is -0.0969. The van der Waals surface area contributed by atoms with Crippen LogP contribution < -0.4 is 18.9 Å². The minimum Gasteiger partial charge on any atom is -0.457 e. The van der Waals surface area contributed by atoms with Gasteiger partial charge in [-0.3, -0.25) is 19.2 Å². The van der Waals surface area contributed by atoms with E-state index in [0.717, 1.165) is 44.5 Å². The number of hydrogen-bond donors (Lipinski definition) is 0. The summed E-state index contributed by atoms with van der Waals surface area (Å²) in [5, 5.41) is 0. The van der Waals surface area contributed by atoms with Crippen molar-refractivity contribution >= 4 is 47.4 Å². The number of hydrogen-bond acceptors (Lipinski definition) is 8. The lowest BCUT2D eigenvalue weighted by Crippen LogP contribution is -2.01. The summed E-state index contributed by atoms with van der Waals surface area (Å²) >= 11 is 0. The van der Waals surface area contributed by atoms with Crippen LogP contribution in [0.15, 0.2) is 291 Å². The smallest absolute Gasteiger partial charge is 0.193 e. The summed E-state index contributed by atoms with van der Waals surface area (Å²) in [6, 6.07) is 89.4. The molecule has 0 atom stereocenters. The molecule has 0 saturated carbocycles. The van der Waals surface area contributed by atoms with Crippen LogP contribution >= 0.6 is 0 Å². The molecule has 0 amide bonds. The maximum absolute atomic E-state index is 13.5. The number of carbonyl (C=O) groups excluding carboxylic acids is 4. The zero-order valence-electron chi connectivity index (χ0n) is 47.3. The Morgan fingerprint density at radius 3 is 0.386 bits per heavy atom. The molecular formula is C80H52O8. The van der Waals surface area contributed by atoms with E-state index in [1.54, 1.807) is 97.1 Å². The summed E-state index contributed by atoms with van der Waals surface area (Å²) in [4.78, 5) is 53.9. The Morgan fingerprint density at radius 1 is 0.136 bits per heavy atom. The molecule has 19 aliphatic rings. The first-order valence-corrected chi connectivity index (χ1v) is 28.6. The highest BCUT2D eigenvalue weighted by Crippen LogP contribution is 2.33. The predicted molar refractivity (Wildman–Crippen MR) is 347 cm³/mol. The number of rotatable bonds is 0. The topological polar surface area (TPSA) is 105 Å². The van der Waals surface area contributed by atoms with Crippen LogP contribution in [0.5, 0.6) is 46.0 Å². The predicted octanol–water partition coefficient (Wildman–Crippen LogP) is 19.8. The van der Waals surface area contributed by atoms with Crippen LogP contribution in [-0.2, 0) is 0 Å². The first-order chi connectivity index (χ1) is 43.1. The van der Waals surface area contributed by atoms with E-state index in [2.05, 4.69) is 0 Å². The van der Waals surface area contributed by atoms with Gasteiger partial charge in [-0.05, 0) is 190 Å². The Morgan fingerprint density at radius 2 is 0.250 bits per heavy atom. The Balaban J connectivity index is 0.688. The SMILES string of the molecule is O=C1c2ccc(cc2)C=Cc2ccc(cc2)C(=O)c2ccc(cc2)Oc2ccc(cc2)-c2ccc(cc2)Oc2ccc(cc2)C(=O)c2ccc(cc2)C=Cc2ccc(cc2)C(=O)c2ccc(cc2)Oc2ccc(cc2)-c2ccc(cc2)Oc2ccc1cc2. The summed E-state index contributed by atoms with van der Waals surface area (Å²) in [5.41, 5.74) is 12.2. The quantitative estimate of drug-likeness (QED) is 0.148. The van der Waals surface area contributed by atoms with Crippen LogP contribution in [0.4, 0.5) is 0 Å². The third kappa shape index (κ3) is 13.0. The number of ether oxygens (including phenoxy) is 4. The van der Waals surface area contributed by atoms with E-state index in [1.165, 1.54) is 0 Å². The molecule has 19 heterocycles. The summed E-state index contributed by atoms with van der Waals surface area (Å²) < 4.78 is 24.6. The summed E-state index contributed by atoms with van der Waals surface area (Å²) in [6.45, 7) is 0. The van der Waals surface area contributed by atoms with Crippen molar-refractivity contribution in [2.75, 3.05) is 0 Å². The van der Waals surface area contributed by atoms with Gasteiger partial charge in [-0.1, -0.05) is 170 Å². The second-order valence-electron chi connectivity index (χ2n) is 21.1. The number of benzene rings is 12. The zero-order valence-corrected chi connectivity index (χ0v) is 47.3. The third-order valence-electron chi connectivity index (χ3n) is 15.1. The highest BCUT2D eigenvalue weighted by atomic mass is 16.5. The van der Waals surface area contributed by atoms with Gasteiger partial charge >= 0.3 is 0 Å². The molecule has 19 aliphatic heterocycles. The molecule has 8 nitrogen and oxygen atoms in total.